The summed E-state index contributed by atoms with van der Waals surface area (Å²) < 4.78 is 5.04. The van der Waals surface area contributed by atoms with Gasteiger partial charge in [-0.25, -0.2) is 0 Å². The Morgan fingerprint density at radius 1 is 1.47 bits per heavy atom. The molecule has 0 radical (unpaired) electrons. The highest BCUT2D eigenvalue weighted by Gasteiger charge is 2.33. The highest BCUT2D eigenvalue weighted by atomic mass is 35.5. The van der Waals surface area contributed by atoms with Gasteiger partial charge in [-0.3, -0.25) is 14.9 Å². The van der Waals surface area contributed by atoms with E-state index in [-0.39, 0.29) is 36.2 Å². The molecule has 2 atom stereocenters. The zero-order valence-corrected chi connectivity index (χ0v) is 12.7. The van der Waals surface area contributed by atoms with Crippen molar-refractivity contribution >= 4 is 36.0 Å². The topological polar surface area (TPSA) is 58.6 Å². The average molecular weight is 309 g/mol. The predicted octanol–water partition coefficient (Wildman–Crippen LogP) is 0.872. The second-order valence-electron chi connectivity index (χ2n) is 4.65. The zero-order chi connectivity index (χ0) is 13.0. The molecule has 0 spiro atoms. The number of likely N-dealkylation sites (tertiary alicyclic amines) is 1. The minimum atomic E-state index is -0.163. The second-order valence-corrected chi connectivity index (χ2v) is 5.68. The SMILES string of the molecule is CCOC(=O)C1CCCN(C(=O)C2CSCN2)C1.Cl. The van der Waals surface area contributed by atoms with Crippen LogP contribution in [0.3, 0.4) is 0 Å². The van der Waals surface area contributed by atoms with Gasteiger partial charge in [-0.2, -0.15) is 0 Å². The van der Waals surface area contributed by atoms with E-state index in [1.807, 2.05) is 11.8 Å². The van der Waals surface area contributed by atoms with E-state index in [9.17, 15) is 9.59 Å². The normalized spacial score (nSPS) is 26.7. The molecule has 0 saturated carbocycles. The van der Waals surface area contributed by atoms with E-state index in [1.165, 1.54) is 0 Å². The Kier molecular flexibility index (Phi) is 6.96. The summed E-state index contributed by atoms with van der Waals surface area (Å²) in [5.41, 5.74) is 0. The van der Waals surface area contributed by atoms with E-state index in [0.29, 0.717) is 13.2 Å². The summed E-state index contributed by atoms with van der Waals surface area (Å²) in [6.07, 6.45) is 1.71. The first-order valence-corrected chi connectivity index (χ1v) is 7.64. The molecule has 2 aliphatic rings. The van der Waals surface area contributed by atoms with E-state index in [2.05, 4.69) is 5.32 Å². The molecule has 2 unspecified atom stereocenters. The van der Waals surface area contributed by atoms with Gasteiger partial charge in [0.1, 0.15) is 0 Å². The number of halogens is 1. The maximum atomic E-state index is 12.2. The smallest absolute Gasteiger partial charge is 0.310 e. The fourth-order valence-corrected chi connectivity index (χ4v) is 3.34. The number of carbonyl (C=O) groups excluding carboxylic acids is 2. The number of nitrogens with one attached hydrogen (secondary N) is 1. The molecule has 2 fully saturated rings. The number of rotatable bonds is 3. The van der Waals surface area contributed by atoms with Gasteiger partial charge in [0, 0.05) is 24.7 Å². The van der Waals surface area contributed by atoms with Crippen LogP contribution in [-0.2, 0) is 14.3 Å². The number of hydrogen-bond donors (Lipinski definition) is 1. The molecule has 2 heterocycles. The molecule has 0 aromatic heterocycles. The predicted molar refractivity (Wildman–Crippen MR) is 77.4 cm³/mol. The van der Waals surface area contributed by atoms with Crippen molar-refractivity contribution in [2.75, 3.05) is 31.3 Å². The first-order chi connectivity index (χ1) is 8.72. The van der Waals surface area contributed by atoms with Crippen molar-refractivity contribution in [3.05, 3.63) is 0 Å². The molecule has 19 heavy (non-hydrogen) atoms. The Morgan fingerprint density at radius 3 is 2.89 bits per heavy atom. The monoisotopic (exact) mass is 308 g/mol. The number of esters is 1. The maximum Gasteiger partial charge on any atom is 0.310 e. The van der Waals surface area contributed by atoms with Gasteiger partial charge in [-0.05, 0) is 19.8 Å². The maximum absolute atomic E-state index is 12.2. The Balaban J connectivity index is 0.00000180. The van der Waals surface area contributed by atoms with Crippen molar-refractivity contribution in [1.29, 1.82) is 0 Å². The lowest BCUT2D eigenvalue weighted by molar-refractivity contribution is -0.151. The van der Waals surface area contributed by atoms with Crippen LogP contribution in [0, 0.1) is 5.92 Å². The standard InChI is InChI=1S/C12H20N2O3S.ClH/c1-2-17-12(16)9-4-3-5-14(6-9)11(15)10-7-18-8-13-10;/h9-10,13H,2-8H2,1H3;1H. The molecule has 0 aliphatic carbocycles. The Hall–Kier alpha value is -0.460. The third-order valence-electron chi connectivity index (χ3n) is 3.37. The molecular formula is C12H21ClN2O3S. The fourth-order valence-electron chi connectivity index (χ4n) is 2.40. The van der Waals surface area contributed by atoms with E-state index >= 15 is 0 Å². The summed E-state index contributed by atoms with van der Waals surface area (Å²) >= 11 is 1.74. The molecule has 110 valence electrons. The number of ether oxygens (including phenoxy) is 1. The summed E-state index contributed by atoms with van der Waals surface area (Å²) in [7, 11) is 0. The summed E-state index contributed by atoms with van der Waals surface area (Å²) in [4.78, 5) is 25.7. The third kappa shape index (κ3) is 4.26. The van der Waals surface area contributed by atoms with Gasteiger partial charge in [0.2, 0.25) is 5.91 Å². The van der Waals surface area contributed by atoms with Crippen LogP contribution in [0.15, 0.2) is 0 Å². The van der Waals surface area contributed by atoms with Crippen LogP contribution < -0.4 is 5.32 Å². The van der Waals surface area contributed by atoms with Gasteiger partial charge in [0.25, 0.3) is 0 Å². The van der Waals surface area contributed by atoms with Crippen LogP contribution in [0.5, 0.6) is 0 Å². The van der Waals surface area contributed by atoms with Gasteiger partial charge < -0.3 is 9.64 Å². The lowest BCUT2D eigenvalue weighted by Gasteiger charge is -2.33. The third-order valence-corrected chi connectivity index (χ3v) is 4.31. The van der Waals surface area contributed by atoms with E-state index in [4.69, 9.17) is 4.74 Å². The number of hydrogen-bond acceptors (Lipinski definition) is 5. The molecule has 2 aliphatic heterocycles. The van der Waals surface area contributed by atoms with Crippen molar-refractivity contribution in [3.63, 3.8) is 0 Å². The quantitative estimate of drug-likeness (QED) is 0.784. The van der Waals surface area contributed by atoms with Crippen LogP contribution in [0.4, 0.5) is 0 Å². The molecule has 2 saturated heterocycles. The summed E-state index contributed by atoms with van der Waals surface area (Å²) in [6, 6.07) is -0.0732. The van der Waals surface area contributed by atoms with Crippen molar-refractivity contribution in [1.82, 2.24) is 10.2 Å². The minimum absolute atomic E-state index is 0. The van der Waals surface area contributed by atoms with E-state index in [1.54, 1.807) is 11.8 Å². The molecule has 5 nitrogen and oxygen atoms in total. The van der Waals surface area contributed by atoms with E-state index < -0.39 is 0 Å². The number of amides is 1. The molecular weight excluding hydrogens is 288 g/mol. The lowest BCUT2D eigenvalue weighted by atomic mass is 9.97. The number of piperidine rings is 1. The lowest BCUT2D eigenvalue weighted by Crippen LogP contribution is -2.50. The van der Waals surface area contributed by atoms with E-state index in [0.717, 1.165) is 31.0 Å². The largest absolute Gasteiger partial charge is 0.466 e. The van der Waals surface area contributed by atoms with Crippen LogP contribution in [0.25, 0.3) is 0 Å². The van der Waals surface area contributed by atoms with Crippen molar-refractivity contribution in [2.45, 2.75) is 25.8 Å². The number of thioether (sulfide) groups is 1. The van der Waals surface area contributed by atoms with Gasteiger partial charge in [-0.1, -0.05) is 0 Å². The van der Waals surface area contributed by atoms with Crippen LogP contribution >= 0.6 is 24.2 Å². The second kappa shape index (κ2) is 7.97. The summed E-state index contributed by atoms with van der Waals surface area (Å²) in [5, 5.41) is 3.18. The average Bonchev–Trinajstić information content (AvgIpc) is 2.92. The first-order valence-electron chi connectivity index (χ1n) is 6.49. The van der Waals surface area contributed by atoms with Gasteiger partial charge in [-0.15, -0.1) is 24.2 Å². The Labute approximate surface area is 124 Å². The molecule has 2 rings (SSSR count). The number of carbonyl (C=O) groups is 2. The highest BCUT2D eigenvalue weighted by Crippen LogP contribution is 2.20. The van der Waals surface area contributed by atoms with Crippen molar-refractivity contribution in [2.24, 2.45) is 5.92 Å². The number of nitrogens with zero attached hydrogens (tertiary/aromatic N) is 1. The summed E-state index contributed by atoms with van der Waals surface area (Å²) in [5.74, 6) is 1.50. The van der Waals surface area contributed by atoms with Gasteiger partial charge in [0.15, 0.2) is 0 Å². The van der Waals surface area contributed by atoms with Gasteiger partial charge >= 0.3 is 5.97 Å². The molecule has 7 heteroatoms. The highest BCUT2D eigenvalue weighted by molar-refractivity contribution is 7.99. The zero-order valence-electron chi connectivity index (χ0n) is 11.1. The molecule has 0 aromatic rings. The Bertz CT molecular complexity index is 324. The fraction of sp³-hybridized carbons (Fsp3) is 0.833. The minimum Gasteiger partial charge on any atom is -0.466 e. The first kappa shape index (κ1) is 16.6. The molecule has 0 bridgehead atoms. The van der Waals surface area contributed by atoms with Crippen molar-refractivity contribution < 1.29 is 14.3 Å². The Morgan fingerprint density at radius 2 is 2.26 bits per heavy atom. The molecule has 0 aromatic carbocycles. The van der Waals surface area contributed by atoms with Crippen LogP contribution in [-0.4, -0.2) is 54.1 Å². The molecule has 1 N–H and O–H groups in total. The van der Waals surface area contributed by atoms with Crippen molar-refractivity contribution in [3.8, 4) is 0 Å². The molecule has 1 amide bonds. The van der Waals surface area contributed by atoms with Crippen LogP contribution in [0.1, 0.15) is 19.8 Å². The van der Waals surface area contributed by atoms with Gasteiger partial charge in [0.05, 0.1) is 18.6 Å². The van der Waals surface area contributed by atoms with Crippen LogP contribution in [0.2, 0.25) is 0 Å². The summed E-state index contributed by atoms with van der Waals surface area (Å²) in [6.45, 7) is 3.49.